The van der Waals surface area contributed by atoms with Crippen LogP contribution in [0.25, 0.3) is 5.57 Å². The Balaban J connectivity index is 1.73. The maximum Gasteiger partial charge on any atom is 0.282 e. The SMILES string of the molecule is CCN(CC)c1ccc(NC2=C(c3ccccc3)C(=O)N(c3ccc(C)c(Cl)c3)C2=O)cc1. The molecule has 1 heterocycles. The number of anilines is 3. The van der Waals surface area contributed by atoms with Gasteiger partial charge in [-0.1, -0.05) is 48.0 Å². The average Bonchev–Trinajstić information content (AvgIpc) is 3.07. The standard InChI is InChI=1S/C27H26ClN3O2/c1-4-30(5-2)21-15-12-20(13-16-21)29-25-24(19-9-7-6-8-10-19)26(32)31(27(25)33)22-14-11-18(3)23(28)17-22/h6-17,29H,4-5H2,1-3H3. The van der Waals surface area contributed by atoms with Crippen molar-refractivity contribution >= 4 is 46.1 Å². The molecule has 5 nitrogen and oxygen atoms in total. The maximum absolute atomic E-state index is 13.5. The monoisotopic (exact) mass is 459 g/mol. The number of halogens is 1. The van der Waals surface area contributed by atoms with Gasteiger partial charge in [0.25, 0.3) is 11.8 Å². The fraction of sp³-hybridized carbons (Fsp3) is 0.185. The van der Waals surface area contributed by atoms with Crippen LogP contribution < -0.4 is 15.1 Å². The Morgan fingerprint density at radius 2 is 1.55 bits per heavy atom. The highest BCUT2D eigenvalue weighted by molar-refractivity contribution is 6.46. The number of carbonyl (C=O) groups is 2. The van der Waals surface area contributed by atoms with Crippen molar-refractivity contribution in [2.45, 2.75) is 20.8 Å². The molecule has 3 aromatic rings. The lowest BCUT2D eigenvalue weighted by Crippen LogP contribution is -2.32. The van der Waals surface area contributed by atoms with Gasteiger partial charge in [0.2, 0.25) is 0 Å². The molecule has 1 N–H and O–H groups in total. The molecule has 0 aromatic heterocycles. The van der Waals surface area contributed by atoms with E-state index in [4.69, 9.17) is 11.6 Å². The molecule has 0 spiro atoms. The summed E-state index contributed by atoms with van der Waals surface area (Å²) in [5.41, 5.74) is 4.43. The first-order valence-corrected chi connectivity index (χ1v) is 11.4. The zero-order valence-corrected chi connectivity index (χ0v) is 19.7. The van der Waals surface area contributed by atoms with Gasteiger partial charge in [-0.15, -0.1) is 0 Å². The van der Waals surface area contributed by atoms with Gasteiger partial charge in [-0.05, 0) is 68.3 Å². The number of hydrogen-bond donors (Lipinski definition) is 1. The third-order valence-electron chi connectivity index (χ3n) is 5.83. The second-order valence-corrected chi connectivity index (χ2v) is 8.25. The van der Waals surface area contributed by atoms with Crippen molar-refractivity contribution in [3.05, 3.63) is 94.6 Å². The largest absolute Gasteiger partial charge is 0.372 e. The highest BCUT2D eigenvalue weighted by atomic mass is 35.5. The van der Waals surface area contributed by atoms with Gasteiger partial charge < -0.3 is 10.2 Å². The molecule has 2 amide bonds. The number of carbonyl (C=O) groups excluding carboxylic acids is 2. The maximum atomic E-state index is 13.5. The van der Waals surface area contributed by atoms with E-state index >= 15 is 0 Å². The summed E-state index contributed by atoms with van der Waals surface area (Å²) in [4.78, 5) is 30.4. The predicted molar refractivity (Wildman–Crippen MR) is 136 cm³/mol. The van der Waals surface area contributed by atoms with Crippen LogP contribution in [0.3, 0.4) is 0 Å². The van der Waals surface area contributed by atoms with Crippen LogP contribution in [0.2, 0.25) is 5.02 Å². The van der Waals surface area contributed by atoms with Crippen LogP contribution in [0.5, 0.6) is 0 Å². The van der Waals surface area contributed by atoms with Gasteiger partial charge in [-0.25, -0.2) is 4.90 Å². The van der Waals surface area contributed by atoms with Crippen LogP contribution in [0.15, 0.2) is 78.5 Å². The molecule has 33 heavy (non-hydrogen) atoms. The molecule has 0 saturated carbocycles. The van der Waals surface area contributed by atoms with E-state index in [1.165, 1.54) is 4.90 Å². The molecule has 0 atom stereocenters. The molecule has 1 aliphatic rings. The third kappa shape index (κ3) is 4.37. The zero-order chi connectivity index (χ0) is 23.5. The lowest BCUT2D eigenvalue weighted by molar-refractivity contribution is -0.120. The van der Waals surface area contributed by atoms with Crippen LogP contribution in [0.4, 0.5) is 17.1 Å². The molecule has 0 fully saturated rings. The number of imide groups is 1. The van der Waals surface area contributed by atoms with Crippen molar-refractivity contribution in [3.63, 3.8) is 0 Å². The summed E-state index contributed by atoms with van der Waals surface area (Å²) in [6, 6.07) is 22.3. The molecular weight excluding hydrogens is 434 g/mol. The lowest BCUT2D eigenvalue weighted by atomic mass is 10.0. The van der Waals surface area contributed by atoms with Crippen molar-refractivity contribution in [2.75, 3.05) is 28.2 Å². The van der Waals surface area contributed by atoms with Crippen molar-refractivity contribution in [2.24, 2.45) is 0 Å². The van der Waals surface area contributed by atoms with Gasteiger partial charge in [0.1, 0.15) is 5.70 Å². The predicted octanol–water partition coefficient (Wildman–Crippen LogP) is 5.89. The Morgan fingerprint density at radius 3 is 2.15 bits per heavy atom. The molecule has 0 saturated heterocycles. The van der Waals surface area contributed by atoms with Crippen LogP contribution in [-0.2, 0) is 9.59 Å². The van der Waals surface area contributed by atoms with Crippen molar-refractivity contribution < 1.29 is 9.59 Å². The molecule has 0 bridgehead atoms. The van der Waals surface area contributed by atoms with Crippen molar-refractivity contribution in [3.8, 4) is 0 Å². The molecule has 0 radical (unpaired) electrons. The first-order chi connectivity index (χ1) is 15.9. The molecule has 0 aliphatic carbocycles. The Hall–Kier alpha value is -3.57. The quantitative estimate of drug-likeness (QED) is 0.447. The first-order valence-electron chi connectivity index (χ1n) is 11.0. The number of amides is 2. The summed E-state index contributed by atoms with van der Waals surface area (Å²) in [6.07, 6.45) is 0. The first kappa shape index (κ1) is 22.6. The van der Waals surface area contributed by atoms with Crippen molar-refractivity contribution in [1.29, 1.82) is 0 Å². The van der Waals surface area contributed by atoms with Gasteiger partial charge in [-0.2, -0.15) is 0 Å². The number of rotatable bonds is 7. The minimum absolute atomic E-state index is 0.249. The van der Waals surface area contributed by atoms with Crippen LogP contribution in [0, 0.1) is 6.92 Å². The normalized spacial score (nSPS) is 13.6. The van der Waals surface area contributed by atoms with E-state index in [1.54, 1.807) is 18.2 Å². The molecule has 3 aromatic carbocycles. The van der Waals surface area contributed by atoms with E-state index in [0.29, 0.717) is 21.8 Å². The van der Waals surface area contributed by atoms with Crippen LogP contribution in [-0.4, -0.2) is 24.9 Å². The summed E-state index contributed by atoms with van der Waals surface area (Å²) in [6.45, 7) is 7.92. The summed E-state index contributed by atoms with van der Waals surface area (Å²) >= 11 is 6.29. The van der Waals surface area contributed by atoms with Gasteiger partial charge in [0, 0.05) is 29.5 Å². The molecule has 4 rings (SSSR count). The Labute approximate surface area is 199 Å². The number of aryl methyl sites for hydroxylation is 1. The number of benzene rings is 3. The van der Waals surface area contributed by atoms with Crippen LogP contribution >= 0.6 is 11.6 Å². The van der Waals surface area contributed by atoms with E-state index in [1.807, 2.05) is 61.5 Å². The van der Waals surface area contributed by atoms with Crippen LogP contribution in [0.1, 0.15) is 25.0 Å². The molecule has 1 aliphatic heterocycles. The highest BCUT2D eigenvalue weighted by Crippen LogP contribution is 2.35. The highest BCUT2D eigenvalue weighted by Gasteiger charge is 2.40. The van der Waals surface area contributed by atoms with Crippen molar-refractivity contribution in [1.82, 2.24) is 0 Å². The number of hydrogen-bond acceptors (Lipinski definition) is 4. The van der Waals surface area contributed by atoms with E-state index in [-0.39, 0.29) is 11.6 Å². The summed E-state index contributed by atoms with van der Waals surface area (Å²) < 4.78 is 0. The summed E-state index contributed by atoms with van der Waals surface area (Å²) in [7, 11) is 0. The zero-order valence-electron chi connectivity index (χ0n) is 18.9. The van der Waals surface area contributed by atoms with Gasteiger partial charge in [0.15, 0.2) is 0 Å². The summed E-state index contributed by atoms with van der Waals surface area (Å²) in [5.74, 6) is -0.792. The fourth-order valence-corrected chi connectivity index (χ4v) is 4.14. The summed E-state index contributed by atoms with van der Waals surface area (Å²) in [5, 5.41) is 3.72. The van der Waals surface area contributed by atoms with Gasteiger partial charge in [0.05, 0.1) is 11.3 Å². The topological polar surface area (TPSA) is 52.7 Å². The Morgan fingerprint density at radius 1 is 0.879 bits per heavy atom. The van der Waals surface area contributed by atoms with E-state index in [0.717, 1.165) is 30.0 Å². The molecular formula is C27H26ClN3O2. The number of nitrogens with zero attached hydrogens (tertiary/aromatic N) is 2. The number of nitrogens with one attached hydrogen (secondary N) is 1. The Kier molecular flexibility index (Phi) is 6.52. The molecule has 0 unspecified atom stereocenters. The van der Waals surface area contributed by atoms with E-state index in [9.17, 15) is 9.59 Å². The molecule has 168 valence electrons. The van der Waals surface area contributed by atoms with E-state index in [2.05, 4.69) is 24.1 Å². The average molecular weight is 460 g/mol. The third-order valence-corrected chi connectivity index (χ3v) is 6.23. The van der Waals surface area contributed by atoms with Gasteiger partial charge >= 0.3 is 0 Å². The minimum Gasteiger partial charge on any atom is -0.372 e. The smallest absolute Gasteiger partial charge is 0.282 e. The lowest BCUT2D eigenvalue weighted by Gasteiger charge is -2.21. The van der Waals surface area contributed by atoms with Gasteiger partial charge in [-0.3, -0.25) is 9.59 Å². The second kappa shape index (κ2) is 9.51. The molecule has 6 heteroatoms. The van der Waals surface area contributed by atoms with E-state index < -0.39 is 5.91 Å². The fourth-order valence-electron chi connectivity index (χ4n) is 3.96. The second-order valence-electron chi connectivity index (χ2n) is 7.84. The minimum atomic E-state index is -0.411. The Bertz CT molecular complexity index is 1220.